The maximum atomic E-state index is 10.6. The van der Waals surface area contributed by atoms with Crippen LogP contribution in [0.4, 0.5) is 0 Å². The van der Waals surface area contributed by atoms with Crippen molar-refractivity contribution in [2.75, 3.05) is 13.6 Å². The molecule has 3 nitrogen and oxygen atoms in total. The second kappa shape index (κ2) is 4.67. The molecule has 1 rings (SSSR count). The predicted molar refractivity (Wildman–Crippen MR) is 49.7 cm³/mol. The molecule has 1 heterocycles. The Balaban J connectivity index is 0.00000121. The van der Waals surface area contributed by atoms with Crippen molar-refractivity contribution < 1.29 is 9.90 Å². The number of halogens is 1. The second-order valence-corrected chi connectivity index (χ2v) is 3.39. The lowest BCUT2D eigenvalue weighted by atomic mass is 9.92. The van der Waals surface area contributed by atoms with Crippen molar-refractivity contribution >= 4 is 18.4 Å². The molecule has 1 aliphatic heterocycles. The van der Waals surface area contributed by atoms with Crippen LogP contribution in [0.1, 0.15) is 19.8 Å². The van der Waals surface area contributed by atoms with Crippen LogP contribution in [0.25, 0.3) is 0 Å². The zero-order valence-corrected chi connectivity index (χ0v) is 8.30. The fraction of sp³-hybridized carbons (Fsp3) is 0.875. The first kappa shape index (κ1) is 11.7. The average Bonchev–Trinajstić information content (AvgIpc) is 1.94. The second-order valence-electron chi connectivity index (χ2n) is 3.39. The molecule has 72 valence electrons. The van der Waals surface area contributed by atoms with Crippen LogP contribution < -0.4 is 0 Å². The van der Waals surface area contributed by atoms with Gasteiger partial charge in [0.05, 0.1) is 5.92 Å². The molecule has 0 amide bonds. The minimum absolute atomic E-state index is 0. The number of carbonyl (C=O) groups is 1. The molecule has 0 aromatic carbocycles. The van der Waals surface area contributed by atoms with Gasteiger partial charge in [0.2, 0.25) is 0 Å². The maximum absolute atomic E-state index is 10.6. The summed E-state index contributed by atoms with van der Waals surface area (Å²) >= 11 is 0. The molecule has 0 spiro atoms. The van der Waals surface area contributed by atoms with Gasteiger partial charge in [-0.2, -0.15) is 0 Å². The lowest BCUT2D eigenvalue weighted by molar-refractivity contribution is -0.143. The third-order valence-corrected chi connectivity index (χ3v) is 2.56. The first-order valence-electron chi connectivity index (χ1n) is 4.04. The molecule has 0 aliphatic carbocycles. The van der Waals surface area contributed by atoms with Crippen molar-refractivity contribution in [2.24, 2.45) is 5.92 Å². The van der Waals surface area contributed by atoms with E-state index in [0.29, 0.717) is 6.04 Å². The summed E-state index contributed by atoms with van der Waals surface area (Å²) < 4.78 is 0. The Kier molecular flexibility index (Phi) is 4.57. The molecular formula is C8H16ClNO2. The molecule has 0 aromatic rings. The van der Waals surface area contributed by atoms with E-state index in [9.17, 15) is 4.79 Å². The molecule has 4 heteroatoms. The van der Waals surface area contributed by atoms with E-state index < -0.39 is 5.97 Å². The van der Waals surface area contributed by atoms with Crippen LogP contribution >= 0.6 is 12.4 Å². The lowest BCUT2D eigenvalue weighted by Crippen LogP contribution is -2.39. The number of hydrogen-bond donors (Lipinski definition) is 1. The summed E-state index contributed by atoms with van der Waals surface area (Å²) in [5.74, 6) is -0.744. The van der Waals surface area contributed by atoms with E-state index in [-0.39, 0.29) is 18.3 Å². The van der Waals surface area contributed by atoms with Crippen LogP contribution in [0.3, 0.4) is 0 Å². The van der Waals surface area contributed by atoms with E-state index in [1.165, 1.54) is 0 Å². The largest absolute Gasteiger partial charge is 0.481 e. The quantitative estimate of drug-likeness (QED) is 0.681. The van der Waals surface area contributed by atoms with Gasteiger partial charge in [-0.05, 0) is 33.4 Å². The van der Waals surface area contributed by atoms with Gasteiger partial charge >= 0.3 is 5.97 Å². The Labute approximate surface area is 79.2 Å². The minimum atomic E-state index is -0.634. The molecule has 0 bridgehead atoms. The Morgan fingerprint density at radius 1 is 1.58 bits per heavy atom. The van der Waals surface area contributed by atoms with Crippen LogP contribution in [0.2, 0.25) is 0 Å². The number of rotatable bonds is 1. The fourth-order valence-electron chi connectivity index (χ4n) is 1.51. The van der Waals surface area contributed by atoms with E-state index in [0.717, 1.165) is 19.4 Å². The first-order valence-corrected chi connectivity index (χ1v) is 4.04. The molecule has 1 aliphatic rings. The SMILES string of the molecule is C[C@@H]1C[C@H](C(=O)O)CCN1C.Cl. The number of carboxylic acid groups (broad SMARTS) is 1. The van der Waals surface area contributed by atoms with Gasteiger partial charge in [0, 0.05) is 6.04 Å². The van der Waals surface area contributed by atoms with Crippen LogP contribution in [-0.4, -0.2) is 35.6 Å². The Morgan fingerprint density at radius 3 is 2.58 bits per heavy atom. The van der Waals surface area contributed by atoms with Gasteiger partial charge in [-0.1, -0.05) is 0 Å². The van der Waals surface area contributed by atoms with Gasteiger partial charge in [0.15, 0.2) is 0 Å². The molecule has 1 N–H and O–H groups in total. The molecule has 0 saturated carbocycles. The number of hydrogen-bond acceptors (Lipinski definition) is 2. The van der Waals surface area contributed by atoms with Crippen LogP contribution in [0.5, 0.6) is 0 Å². The van der Waals surface area contributed by atoms with Crippen molar-refractivity contribution in [1.29, 1.82) is 0 Å². The Morgan fingerprint density at radius 2 is 2.17 bits per heavy atom. The molecule has 1 saturated heterocycles. The molecule has 0 aromatic heterocycles. The van der Waals surface area contributed by atoms with E-state index in [2.05, 4.69) is 11.8 Å². The maximum Gasteiger partial charge on any atom is 0.306 e. The average molecular weight is 194 g/mol. The van der Waals surface area contributed by atoms with Gasteiger partial charge in [-0.15, -0.1) is 12.4 Å². The summed E-state index contributed by atoms with van der Waals surface area (Å²) in [6.45, 7) is 2.99. The smallest absolute Gasteiger partial charge is 0.306 e. The molecule has 0 radical (unpaired) electrons. The topological polar surface area (TPSA) is 40.5 Å². The molecular weight excluding hydrogens is 178 g/mol. The zero-order chi connectivity index (χ0) is 8.43. The lowest BCUT2D eigenvalue weighted by Gasteiger charge is -2.32. The van der Waals surface area contributed by atoms with Crippen molar-refractivity contribution in [3.05, 3.63) is 0 Å². The summed E-state index contributed by atoms with van der Waals surface area (Å²) in [5, 5.41) is 8.72. The monoisotopic (exact) mass is 193 g/mol. The van der Waals surface area contributed by atoms with Gasteiger partial charge in [-0.25, -0.2) is 0 Å². The number of likely N-dealkylation sites (tertiary alicyclic amines) is 1. The van der Waals surface area contributed by atoms with Gasteiger partial charge in [0.25, 0.3) is 0 Å². The highest BCUT2D eigenvalue weighted by molar-refractivity contribution is 5.85. The van der Waals surface area contributed by atoms with Gasteiger partial charge < -0.3 is 10.0 Å². The molecule has 2 atom stereocenters. The summed E-state index contributed by atoms with van der Waals surface area (Å²) in [6, 6.07) is 0.421. The first-order chi connectivity index (χ1) is 5.11. The van der Waals surface area contributed by atoms with Crippen molar-refractivity contribution in [2.45, 2.75) is 25.8 Å². The van der Waals surface area contributed by atoms with Crippen molar-refractivity contribution in [3.8, 4) is 0 Å². The van der Waals surface area contributed by atoms with Crippen LogP contribution in [-0.2, 0) is 4.79 Å². The van der Waals surface area contributed by atoms with E-state index in [1.54, 1.807) is 0 Å². The van der Waals surface area contributed by atoms with Crippen LogP contribution in [0.15, 0.2) is 0 Å². The standard InChI is InChI=1S/C8H15NO2.ClH/c1-6-5-7(8(10)11)3-4-9(6)2;/h6-7H,3-5H2,1-2H3,(H,10,11);1H/t6-,7-;/m1./s1. The Bertz CT molecular complexity index is 163. The number of nitrogens with zero attached hydrogens (tertiary/aromatic N) is 1. The highest BCUT2D eigenvalue weighted by Crippen LogP contribution is 2.21. The predicted octanol–water partition coefficient (Wildman–Crippen LogP) is 1.22. The van der Waals surface area contributed by atoms with E-state index in [1.807, 2.05) is 7.05 Å². The number of carboxylic acids is 1. The molecule has 1 fully saturated rings. The fourth-order valence-corrected chi connectivity index (χ4v) is 1.51. The third kappa shape index (κ3) is 2.64. The summed E-state index contributed by atoms with van der Waals surface area (Å²) in [7, 11) is 2.04. The summed E-state index contributed by atoms with van der Waals surface area (Å²) in [5.41, 5.74) is 0. The van der Waals surface area contributed by atoms with E-state index in [4.69, 9.17) is 5.11 Å². The summed E-state index contributed by atoms with van der Waals surface area (Å²) in [6.07, 6.45) is 1.60. The normalized spacial score (nSPS) is 30.8. The van der Waals surface area contributed by atoms with Gasteiger partial charge in [0.1, 0.15) is 0 Å². The van der Waals surface area contributed by atoms with Crippen LogP contribution in [0, 0.1) is 5.92 Å². The summed E-state index contributed by atoms with van der Waals surface area (Å²) in [4.78, 5) is 12.8. The van der Waals surface area contributed by atoms with Gasteiger partial charge in [-0.3, -0.25) is 4.79 Å². The van der Waals surface area contributed by atoms with Crippen molar-refractivity contribution in [3.63, 3.8) is 0 Å². The van der Waals surface area contributed by atoms with Crippen molar-refractivity contribution in [1.82, 2.24) is 4.90 Å². The zero-order valence-electron chi connectivity index (χ0n) is 7.49. The highest BCUT2D eigenvalue weighted by Gasteiger charge is 2.27. The number of piperidine rings is 1. The molecule has 12 heavy (non-hydrogen) atoms. The highest BCUT2D eigenvalue weighted by atomic mass is 35.5. The minimum Gasteiger partial charge on any atom is -0.481 e. The molecule has 0 unspecified atom stereocenters. The van der Waals surface area contributed by atoms with E-state index >= 15 is 0 Å². The number of aliphatic carboxylic acids is 1. The third-order valence-electron chi connectivity index (χ3n) is 2.56. The Hall–Kier alpha value is -0.280.